The van der Waals surface area contributed by atoms with Crippen molar-refractivity contribution in [2.75, 3.05) is 33.2 Å². The summed E-state index contributed by atoms with van der Waals surface area (Å²) in [4.78, 5) is 12.9. The van der Waals surface area contributed by atoms with Crippen molar-refractivity contribution >= 4 is 22.9 Å². The molecule has 0 aliphatic carbocycles. The van der Waals surface area contributed by atoms with E-state index in [9.17, 15) is 0 Å². The second-order valence-corrected chi connectivity index (χ2v) is 8.26. The predicted molar refractivity (Wildman–Crippen MR) is 113 cm³/mol. The van der Waals surface area contributed by atoms with E-state index >= 15 is 0 Å². The normalized spacial score (nSPS) is 25.9. The molecule has 5 heteroatoms. The van der Waals surface area contributed by atoms with Gasteiger partial charge in [-0.1, -0.05) is 17.7 Å². The molecule has 0 bridgehead atoms. The van der Waals surface area contributed by atoms with Gasteiger partial charge in [0.05, 0.1) is 5.69 Å². The van der Waals surface area contributed by atoms with Gasteiger partial charge in [0.15, 0.2) is 17.6 Å². The van der Waals surface area contributed by atoms with Crippen molar-refractivity contribution in [2.45, 2.75) is 52.6 Å². The highest BCUT2D eigenvalue weighted by Gasteiger charge is 2.38. The van der Waals surface area contributed by atoms with Crippen LogP contribution in [0, 0.1) is 13.8 Å². The molecule has 2 atom stereocenters. The molecule has 1 fully saturated rings. The molecular weight excluding hydrogens is 334 g/mol. The first-order valence-electron chi connectivity index (χ1n) is 10.2. The second kappa shape index (κ2) is 7.19. The Morgan fingerprint density at radius 3 is 2.63 bits per heavy atom. The fourth-order valence-electron chi connectivity index (χ4n) is 4.61. The molecule has 1 N–H and O–H groups in total. The average molecular weight is 367 g/mol. The summed E-state index contributed by atoms with van der Waals surface area (Å²) < 4.78 is 2.44. The Morgan fingerprint density at radius 2 is 1.89 bits per heavy atom. The molecule has 0 aromatic heterocycles. The number of amidine groups is 1. The van der Waals surface area contributed by atoms with E-state index in [-0.39, 0.29) is 6.04 Å². The standard InChI is InChI=1S/C22H32N5/c1-14-12-15(2)20-18(13-14)6-7-19-21(24-16(3)17(4)26(19)5)22(25-20)27-10-8-23-9-11-27/h12-13,16,19,23H,6-11H2,1-5H3/q+1. The van der Waals surface area contributed by atoms with Crippen LogP contribution in [0.2, 0.25) is 0 Å². The average Bonchev–Trinajstić information content (AvgIpc) is 2.64. The molecule has 3 aliphatic heterocycles. The molecule has 3 heterocycles. The molecule has 1 saturated heterocycles. The van der Waals surface area contributed by atoms with Gasteiger partial charge in [0, 0.05) is 39.5 Å². The maximum absolute atomic E-state index is 5.29. The summed E-state index contributed by atoms with van der Waals surface area (Å²) in [5.41, 5.74) is 7.68. The Bertz CT molecular complexity index is 843. The van der Waals surface area contributed by atoms with Crippen LogP contribution in [0.25, 0.3) is 0 Å². The Morgan fingerprint density at radius 1 is 1.15 bits per heavy atom. The highest BCUT2D eigenvalue weighted by Crippen LogP contribution is 2.31. The van der Waals surface area contributed by atoms with Crippen LogP contribution >= 0.6 is 0 Å². The summed E-state index contributed by atoms with van der Waals surface area (Å²) in [6.45, 7) is 12.8. The van der Waals surface area contributed by atoms with E-state index in [1.54, 1.807) is 0 Å². The summed E-state index contributed by atoms with van der Waals surface area (Å²) in [7, 11) is 2.23. The maximum Gasteiger partial charge on any atom is 0.197 e. The van der Waals surface area contributed by atoms with Crippen LogP contribution < -0.4 is 5.32 Å². The van der Waals surface area contributed by atoms with Crippen molar-refractivity contribution in [3.05, 3.63) is 28.8 Å². The highest BCUT2D eigenvalue weighted by atomic mass is 15.3. The molecule has 27 heavy (non-hydrogen) atoms. The fourth-order valence-corrected chi connectivity index (χ4v) is 4.61. The van der Waals surface area contributed by atoms with E-state index in [0.29, 0.717) is 6.04 Å². The number of aliphatic imine (C=N–C) groups is 2. The third-order valence-corrected chi connectivity index (χ3v) is 6.35. The van der Waals surface area contributed by atoms with E-state index in [4.69, 9.17) is 9.98 Å². The van der Waals surface area contributed by atoms with Crippen LogP contribution in [0.1, 0.15) is 37.0 Å². The number of benzene rings is 1. The molecule has 3 aliphatic rings. The quantitative estimate of drug-likeness (QED) is 0.717. The van der Waals surface area contributed by atoms with Crippen molar-refractivity contribution < 1.29 is 4.58 Å². The molecule has 2 unspecified atom stereocenters. The molecule has 0 saturated carbocycles. The topological polar surface area (TPSA) is 43.0 Å². The van der Waals surface area contributed by atoms with Crippen molar-refractivity contribution in [1.82, 2.24) is 10.2 Å². The van der Waals surface area contributed by atoms with E-state index in [2.05, 4.69) is 61.7 Å². The number of fused-ring (bicyclic) bond motifs is 2. The first-order chi connectivity index (χ1) is 13.0. The van der Waals surface area contributed by atoms with E-state index in [1.807, 2.05) is 0 Å². The summed E-state index contributed by atoms with van der Waals surface area (Å²) >= 11 is 0. The minimum Gasteiger partial charge on any atom is -0.352 e. The summed E-state index contributed by atoms with van der Waals surface area (Å²) in [6, 6.07) is 5.11. The van der Waals surface area contributed by atoms with Gasteiger partial charge in [-0.3, -0.25) is 4.99 Å². The third-order valence-electron chi connectivity index (χ3n) is 6.35. The Balaban J connectivity index is 1.89. The first kappa shape index (κ1) is 18.4. The highest BCUT2D eigenvalue weighted by molar-refractivity contribution is 6.44. The van der Waals surface area contributed by atoms with Crippen LogP contribution in [0.15, 0.2) is 22.1 Å². The number of hydrogen-bond donors (Lipinski definition) is 1. The molecule has 0 amide bonds. The van der Waals surface area contributed by atoms with Gasteiger partial charge >= 0.3 is 0 Å². The smallest absolute Gasteiger partial charge is 0.197 e. The monoisotopic (exact) mass is 366 g/mol. The van der Waals surface area contributed by atoms with Gasteiger partial charge in [-0.2, -0.15) is 0 Å². The molecule has 4 rings (SSSR count). The molecule has 1 aromatic carbocycles. The Kier molecular flexibility index (Phi) is 4.89. The molecule has 1 aromatic rings. The van der Waals surface area contributed by atoms with Gasteiger partial charge in [-0.05, 0) is 38.3 Å². The lowest BCUT2D eigenvalue weighted by Crippen LogP contribution is -2.54. The zero-order valence-electron chi connectivity index (χ0n) is 17.3. The number of piperazine rings is 1. The van der Waals surface area contributed by atoms with Gasteiger partial charge in [0.25, 0.3) is 0 Å². The largest absolute Gasteiger partial charge is 0.352 e. The van der Waals surface area contributed by atoms with Crippen molar-refractivity contribution in [2.24, 2.45) is 9.98 Å². The summed E-state index contributed by atoms with van der Waals surface area (Å²) in [6.07, 6.45) is 2.13. The number of aryl methyl sites for hydroxylation is 3. The van der Waals surface area contributed by atoms with Crippen molar-refractivity contribution in [1.29, 1.82) is 0 Å². The lowest BCUT2D eigenvalue weighted by Gasteiger charge is -2.35. The van der Waals surface area contributed by atoms with Crippen molar-refractivity contribution in [3.8, 4) is 0 Å². The van der Waals surface area contributed by atoms with Crippen LogP contribution in [-0.2, 0) is 6.42 Å². The molecular formula is C22H32N5+. The first-order valence-corrected chi connectivity index (χ1v) is 10.2. The summed E-state index contributed by atoms with van der Waals surface area (Å²) in [5, 5.41) is 3.47. The van der Waals surface area contributed by atoms with Gasteiger partial charge in [-0.25, -0.2) is 9.57 Å². The fraction of sp³-hybridized carbons (Fsp3) is 0.591. The second-order valence-electron chi connectivity index (χ2n) is 8.26. The maximum atomic E-state index is 5.29. The molecule has 0 radical (unpaired) electrons. The van der Waals surface area contributed by atoms with E-state index < -0.39 is 0 Å². The zero-order valence-corrected chi connectivity index (χ0v) is 17.3. The van der Waals surface area contributed by atoms with Gasteiger partial charge in [0.1, 0.15) is 18.8 Å². The van der Waals surface area contributed by atoms with Crippen LogP contribution in [0.4, 0.5) is 5.69 Å². The predicted octanol–water partition coefficient (Wildman–Crippen LogP) is 2.50. The Labute approximate surface area is 162 Å². The number of nitrogens with zero attached hydrogens (tertiary/aromatic N) is 4. The molecule has 5 nitrogen and oxygen atoms in total. The summed E-state index contributed by atoms with van der Waals surface area (Å²) in [5.74, 6) is 1.10. The SMILES string of the molecule is CC1=[N+](C)C2CCc3cc(C)cc(C)c3N=C(N3CCNCC3)C2=NC1C. The number of rotatable bonds is 0. The zero-order chi connectivity index (χ0) is 19.1. The molecule has 0 spiro atoms. The van der Waals surface area contributed by atoms with Crippen LogP contribution in [0.5, 0.6) is 0 Å². The minimum atomic E-state index is 0.215. The number of hydrogen-bond acceptors (Lipinski definition) is 4. The van der Waals surface area contributed by atoms with Crippen molar-refractivity contribution in [3.63, 3.8) is 0 Å². The van der Waals surface area contributed by atoms with Gasteiger partial charge < -0.3 is 10.2 Å². The molecule has 144 valence electrons. The van der Waals surface area contributed by atoms with E-state index in [0.717, 1.165) is 50.5 Å². The van der Waals surface area contributed by atoms with Gasteiger partial charge in [0.2, 0.25) is 0 Å². The lowest BCUT2D eigenvalue weighted by atomic mass is 9.92. The van der Waals surface area contributed by atoms with Gasteiger partial charge in [-0.15, -0.1) is 0 Å². The van der Waals surface area contributed by atoms with Crippen LogP contribution in [0.3, 0.4) is 0 Å². The minimum absolute atomic E-state index is 0.215. The van der Waals surface area contributed by atoms with Crippen LogP contribution in [-0.4, -0.2) is 72.0 Å². The number of nitrogens with one attached hydrogen (secondary N) is 1. The lowest BCUT2D eigenvalue weighted by molar-refractivity contribution is -0.523. The Hall–Kier alpha value is -2.01. The third kappa shape index (κ3) is 3.33. The van der Waals surface area contributed by atoms with E-state index in [1.165, 1.54) is 28.1 Å².